The van der Waals surface area contributed by atoms with Gasteiger partial charge < -0.3 is 10.1 Å². The predicted molar refractivity (Wildman–Crippen MR) is 109 cm³/mol. The smallest absolute Gasteiger partial charge is 0.225 e. The molecule has 1 N–H and O–H groups in total. The number of hydrogen-bond acceptors (Lipinski definition) is 6. The minimum Gasteiger partial charge on any atom is -0.370 e. The van der Waals surface area contributed by atoms with Gasteiger partial charge in [-0.3, -0.25) is 9.69 Å². The van der Waals surface area contributed by atoms with E-state index >= 15 is 0 Å². The third-order valence-corrected chi connectivity index (χ3v) is 7.52. The van der Waals surface area contributed by atoms with E-state index in [0.29, 0.717) is 6.42 Å². The Labute approximate surface area is 168 Å². The summed E-state index contributed by atoms with van der Waals surface area (Å²) in [5.41, 5.74) is 2.81. The quantitative estimate of drug-likeness (QED) is 0.829. The fourth-order valence-electron chi connectivity index (χ4n) is 4.29. The topological polar surface area (TPSA) is 54.5 Å². The highest BCUT2D eigenvalue weighted by atomic mass is 32.1. The number of morpholine rings is 1. The second-order valence-electron chi connectivity index (χ2n) is 7.61. The van der Waals surface area contributed by atoms with Crippen LogP contribution in [0.2, 0.25) is 0 Å². The molecule has 3 heterocycles. The highest BCUT2D eigenvalue weighted by Gasteiger charge is 2.45. The van der Waals surface area contributed by atoms with Crippen LogP contribution in [0, 0.1) is 6.92 Å². The van der Waals surface area contributed by atoms with Crippen LogP contribution in [0.25, 0.3) is 0 Å². The number of hydrogen-bond donors (Lipinski definition) is 1. The van der Waals surface area contributed by atoms with Crippen LogP contribution in [0.1, 0.15) is 41.1 Å². The Balaban J connectivity index is 1.43. The molecular formula is C20H27N3O2S2. The van der Waals surface area contributed by atoms with Gasteiger partial charge in [0.15, 0.2) is 0 Å². The summed E-state index contributed by atoms with van der Waals surface area (Å²) in [6.45, 7) is 5.56. The van der Waals surface area contributed by atoms with Crippen molar-refractivity contribution in [1.29, 1.82) is 0 Å². The van der Waals surface area contributed by atoms with Crippen LogP contribution in [0.4, 0.5) is 0 Å². The van der Waals surface area contributed by atoms with Crippen molar-refractivity contribution in [2.45, 2.75) is 57.2 Å². The highest BCUT2D eigenvalue weighted by Crippen LogP contribution is 2.35. The molecule has 0 bridgehead atoms. The molecule has 0 unspecified atom stereocenters. The van der Waals surface area contributed by atoms with Gasteiger partial charge in [-0.2, -0.15) is 0 Å². The third kappa shape index (κ3) is 4.42. The molecule has 27 heavy (non-hydrogen) atoms. The summed E-state index contributed by atoms with van der Waals surface area (Å²) in [5.74, 6) is 0.114. The lowest BCUT2D eigenvalue weighted by molar-refractivity contribution is -0.151. The number of thiophene rings is 1. The third-order valence-electron chi connectivity index (χ3n) is 5.73. The largest absolute Gasteiger partial charge is 0.370 e. The summed E-state index contributed by atoms with van der Waals surface area (Å²) in [5, 5.41) is 5.34. The van der Waals surface area contributed by atoms with Crippen molar-refractivity contribution in [3.63, 3.8) is 0 Å². The molecule has 4 rings (SSSR count). The Bertz CT molecular complexity index is 757. The molecule has 1 aliphatic carbocycles. The van der Waals surface area contributed by atoms with Gasteiger partial charge in [0.1, 0.15) is 5.60 Å². The highest BCUT2D eigenvalue weighted by molar-refractivity contribution is 7.10. The van der Waals surface area contributed by atoms with Crippen LogP contribution in [0.3, 0.4) is 0 Å². The first-order valence-corrected chi connectivity index (χ1v) is 11.5. The van der Waals surface area contributed by atoms with E-state index in [-0.39, 0.29) is 17.6 Å². The van der Waals surface area contributed by atoms with Crippen molar-refractivity contribution in [2.75, 3.05) is 19.7 Å². The van der Waals surface area contributed by atoms with Crippen molar-refractivity contribution in [2.24, 2.45) is 0 Å². The summed E-state index contributed by atoms with van der Waals surface area (Å²) < 4.78 is 6.37. The molecule has 1 spiro atoms. The lowest BCUT2D eigenvalue weighted by atomic mass is 9.78. The van der Waals surface area contributed by atoms with Crippen LogP contribution in [-0.2, 0) is 22.5 Å². The molecule has 7 heteroatoms. The molecule has 2 atom stereocenters. The summed E-state index contributed by atoms with van der Waals surface area (Å²) in [6, 6.07) is 4.12. The second-order valence-corrected chi connectivity index (χ2v) is 9.58. The van der Waals surface area contributed by atoms with E-state index in [1.807, 2.05) is 23.0 Å². The number of carbonyl (C=O) groups is 1. The standard InChI is InChI=1S/C20H27N3O2S2/c1-15-17(27-14-21-15)12-23-8-9-25-20(13-23)7-3-2-6-18(20)22-19(24)11-16-5-4-10-26-16/h4-5,10,14,18H,2-3,6-9,11-13H2,1H3,(H,22,24)/t18-,20+/m1/s1. The summed E-state index contributed by atoms with van der Waals surface area (Å²) in [6.07, 6.45) is 4.82. The minimum atomic E-state index is -0.250. The molecule has 1 aliphatic heterocycles. The Morgan fingerprint density at radius 1 is 1.44 bits per heavy atom. The fraction of sp³-hybridized carbons (Fsp3) is 0.600. The molecular weight excluding hydrogens is 378 g/mol. The number of ether oxygens (including phenoxy) is 1. The number of aryl methyl sites for hydroxylation is 1. The van der Waals surface area contributed by atoms with Crippen molar-refractivity contribution < 1.29 is 9.53 Å². The number of nitrogens with zero attached hydrogens (tertiary/aromatic N) is 2. The minimum absolute atomic E-state index is 0.101. The molecule has 5 nitrogen and oxygen atoms in total. The van der Waals surface area contributed by atoms with Gasteiger partial charge in [0, 0.05) is 29.4 Å². The fourth-order valence-corrected chi connectivity index (χ4v) is 5.81. The van der Waals surface area contributed by atoms with Gasteiger partial charge in [-0.25, -0.2) is 4.98 Å². The Kier molecular flexibility index (Phi) is 5.92. The first-order chi connectivity index (χ1) is 13.1. The summed E-state index contributed by atoms with van der Waals surface area (Å²) in [7, 11) is 0. The summed E-state index contributed by atoms with van der Waals surface area (Å²) in [4.78, 5) is 21.9. The Morgan fingerprint density at radius 3 is 3.15 bits per heavy atom. The number of carbonyl (C=O) groups excluding carboxylic acids is 1. The zero-order valence-electron chi connectivity index (χ0n) is 15.8. The SMILES string of the molecule is Cc1ncsc1CN1CCO[C@@]2(CCCC[C@H]2NC(=O)Cc2cccs2)C1. The molecule has 146 valence electrons. The number of amides is 1. The van der Waals surface area contributed by atoms with Crippen molar-refractivity contribution in [3.05, 3.63) is 38.5 Å². The Hall–Kier alpha value is -1.28. The van der Waals surface area contributed by atoms with Crippen molar-refractivity contribution >= 4 is 28.6 Å². The van der Waals surface area contributed by atoms with Gasteiger partial charge in [0.2, 0.25) is 5.91 Å². The molecule has 2 fully saturated rings. The molecule has 2 aliphatic rings. The first-order valence-electron chi connectivity index (χ1n) is 9.72. The van der Waals surface area contributed by atoms with E-state index in [0.717, 1.165) is 56.1 Å². The van der Waals surface area contributed by atoms with Crippen molar-refractivity contribution in [3.8, 4) is 0 Å². The summed E-state index contributed by atoms with van der Waals surface area (Å²) >= 11 is 3.37. The number of rotatable bonds is 5. The normalized spacial score (nSPS) is 26.3. The lowest BCUT2D eigenvalue weighted by Crippen LogP contribution is -2.64. The van der Waals surface area contributed by atoms with Crippen LogP contribution in [0.15, 0.2) is 23.0 Å². The maximum absolute atomic E-state index is 12.6. The lowest BCUT2D eigenvalue weighted by Gasteiger charge is -2.49. The van der Waals surface area contributed by atoms with E-state index in [2.05, 4.69) is 22.1 Å². The van der Waals surface area contributed by atoms with Crippen LogP contribution >= 0.6 is 22.7 Å². The zero-order valence-corrected chi connectivity index (χ0v) is 17.4. The average molecular weight is 406 g/mol. The molecule has 1 saturated heterocycles. The van der Waals surface area contributed by atoms with E-state index in [4.69, 9.17) is 4.74 Å². The van der Waals surface area contributed by atoms with E-state index in [1.54, 1.807) is 22.7 Å². The van der Waals surface area contributed by atoms with E-state index in [9.17, 15) is 4.79 Å². The number of thiazole rings is 1. The average Bonchev–Trinajstić information content (AvgIpc) is 3.30. The monoisotopic (exact) mass is 405 g/mol. The van der Waals surface area contributed by atoms with E-state index < -0.39 is 0 Å². The second kappa shape index (κ2) is 8.39. The molecule has 1 amide bonds. The van der Waals surface area contributed by atoms with Gasteiger partial charge >= 0.3 is 0 Å². The Morgan fingerprint density at radius 2 is 2.37 bits per heavy atom. The van der Waals surface area contributed by atoms with Gasteiger partial charge in [-0.05, 0) is 31.2 Å². The molecule has 2 aromatic rings. The van der Waals surface area contributed by atoms with Crippen molar-refractivity contribution in [1.82, 2.24) is 15.2 Å². The number of aromatic nitrogens is 1. The maximum Gasteiger partial charge on any atom is 0.225 e. The van der Waals surface area contributed by atoms with Crippen LogP contribution < -0.4 is 5.32 Å². The van der Waals surface area contributed by atoms with Crippen LogP contribution in [0.5, 0.6) is 0 Å². The molecule has 2 aromatic heterocycles. The number of nitrogens with one attached hydrogen (secondary N) is 1. The van der Waals surface area contributed by atoms with Gasteiger partial charge in [-0.1, -0.05) is 18.9 Å². The molecule has 0 radical (unpaired) electrons. The van der Waals surface area contributed by atoms with Gasteiger partial charge in [-0.15, -0.1) is 22.7 Å². The molecule has 1 saturated carbocycles. The molecule has 0 aromatic carbocycles. The van der Waals surface area contributed by atoms with Crippen LogP contribution in [-0.4, -0.2) is 47.1 Å². The maximum atomic E-state index is 12.6. The first kappa shape index (κ1) is 19.1. The zero-order chi connectivity index (χ0) is 18.7. The van der Waals surface area contributed by atoms with Gasteiger partial charge in [0.25, 0.3) is 0 Å². The van der Waals surface area contributed by atoms with Gasteiger partial charge in [0.05, 0.1) is 30.3 Å². The predicted octanol–water partition coefficient (Wildman–Crippen LogP) is 3.39. The van der Waals surface area contributed by atoms with E-state index in [1.165, 1.54) is 11.3 Å².